The maximum Gasteiger partial charge on any atom is 1.00 e. The van der Waals surface area contributed by atoms with Crippen molar-refractivity contribution in [3.63, 3.8) is 0 Å². The van der Waals surface area contributed by atoms with Crippen LogP contribution in [0.15, 0.2) is 0 Å². The molecule has 0 saturated heterocycles. The Kier molecular flexibility index (Phi) is 30.9. The van der Waals surface area contributed by atoms with Crippen LogP contribution in [0.2, 0.25) is 0 Å². The minimum absolute atomic E-state index is 0. The van der Waals surface area contributed by atoms with Gasteiger partial charge in [-0.25, -0.2) is 8.42 Å². The first-order valence-electron chi connectivity index (χ1n) is 14.3. The molecule has 0 spiro atoms. The number of aliphatic hydroxyl groups excluding tert-OH is 1. The third-order valence-electron chi connectivity index (χ3n) is 6.48. The fourth-order valence-corrected chi connectivity index (χ4v) is 5.01. The first-order chi connectivity index (χ1) is 16.0. The molecule has 0 aromatic rings. The van der Waals surface area contributed by atoms with E-state index in [0.717, 1.165) is 19.4 Å². The van der Waals surface area contributed by atoms with Gasteiger partial charge in [0.15, 0.2) is 0 Å². The number of aliphatic hydroxyl groups is 1. The summed E-state index contributed by atoms with van der Waals surface area (Å²) in [5.41, 5.74) is 0. The molecule has 1 atom stereocenters. The van der Waals surface area contributed by atoms with Crippen molar-refractivity contribution in [3.8, 4) is 0 Å². The van der Waals surface area contributed by atoms with Crippen molar-refractivity contribution in [1.82, 2.24) is 5.32 Å². The molecule has 0 aliphatic carbocycles. The van der Waals surface area contributed by atoms with E-state index in [0.29, 0.717) is 0 Å². The topological polar surface area (TPSA) is 89.5 Å². The molecule has 0 aliphatic heterocycles. The zero-order chi connectivity index (χ0) is 24.5. The van der Waals surface area contributed by atoms with E-state index in [4.69, 9.17) is 0 Å². The normalized spacial score (nSPS) is 12.6. The quantitative estimate of drug-likeness (QED) is 0.0981. The van der Waals surface area contributed by atoms with Crippen LogP contribution in [0.4, 0.5) is 0 Å². The largest absolute Gasteiger partial charge is 1.00 e. The third-order valence-corrected chi connectivity index (χ3v) is 7.28. The maximum atomic E-state index is 10.5. The van der Waals surface area contributed by atoms with Crippen LogP contribution in [0.25, 0.3) is 0 Å². The summed E-state index contributed by atoms with van der Waals surface area (Å²) in [6, 6.07) is 0. The number of hydrogen-bond acceptors (Lipinski definition) is 5. The van der Waals surface area contributed by atoms with Crippen molar-refractivity contribution in [2.45, 2.75) is 154 Å². The van der Waals surface area contributed by atoms with Crippen LogP contribution in [-0.2, 0) is 10.1 Å². The molecule has 2 N–H and O–H groups in total. The molecule has 200 valence electrons. The van der Waals surface area contributed by atoms with Crippen molar-refractivity contribution >= 4 is 10.1 Å². The summed E-state index contributed by atoms with van der Waals surface area (Å²) in [6.07, 6.45) is 29.1. The zero-order valence-corrected chi connectivity index (χ0v) is 25.7. The smallest absolute Gasteiger partial charge is 0.748 e. The molecule has 0 heterocycles. The van der Waals surface area contributed by atoms with Crippen LogP contribution in [0, 0.1) is 0 Å². The number of unbranched alkanes of at least 4 members (excludes halogenated alkanes) is 21. The van der Waals surface area contributed by atoms with E-state index < -0.39 is 22.0 Å². The molecular weight excluding hydrogens is 457 g/mol. The Labute approximate surface area is 235 Å². The van der Waals surface area contributed by atoms with Crippen LogP contribution >= 0.6 is 0 Å². The van der Waals surface area contributed by atoms with Crippen molar-refractivity contribution in [1.29, 1.82) is 0 Å². The van der Waals surface area contributed by atoms with Crippen molar-refractivity contribution in [2.24, 2.45) is 0 Å². The standard InChI is InChI=1S/C27H57NO4S.Na/c1-2-3-4-5-6-7-8-9-10-11-12-13-14-15-16-17-18-19-20-21-22-23-24-28-25-27(29)26-33(30,31)32;/h27-29H,2-26H2,1H3,(H,30,31,32);/q;+1/p-1. The fourth-order valence-electron chi connectivity index (χ4n) is 4.42. The van der Waals surface area contributed by atoms with Crippen molar-refractivity contribution in [3.05, 3.63) is 0 Å². The Balaban J connectivity index is 0. The van der Waals surface area contributed by atoms with Gasteiger partial charge in [-0.2, -0.15) is 0 Å². The Morgan fingerprint density at radius 2 is 0.912 bits per heavy atom. The molecule has 5 nitrogen and oxygen atoms in total. The molecule has 0 aliphatic rings. The van der Waals surface area contributed by atoms with Gasteiger partial charge in [0.1, 0.15) is 0 Å². The average molecular weight is 514 g/mol. The summed E-state index contributed by atoms with van der Waals surface area (Å²) in [5.74, 6) is -0.709. The van der Waals surface area contributed by atoms with Gasteiger partial charge in [0.2, 0.25) is 0 Å². The zero-order valence-electron chi connectivity index (χ0n) is 22.8. The Morgan fingerprint density at radius 1 is 0.618 bits per heavy atom. The first-order valence-corrected chi connectivity index (χ1v) is 15.9. The van der Waals surface area contributed by atoms with E-state index >= 15 is 0 Å². The monoisotopic (exact) mass is 513 g/mol. The number of hydrogen-bond donors (Lipinski definition) is 2. The Bertz CT molecular complexity index is 491. The SMILES string of the molecule is CCCCCCCCCCCCCCCCCCCCCCCCNCC(O)CS(=O)(=O)[O-].[Na+]. The van der Waals surface area contributed by atoms with Crippen LogP contribution in [0.5, 0.6) is 0 Å². The van der Waals surface area contributed by atoms with E-state index in [1.54, 1.807) is 0 Å². The summed E-state index contributed by atoms with van der Waals surface area (Å²) < 4.78 is 31.6. The molecule has 0 radical (unpaired) electrons. The van der Waals surface area contributed by atoms with Gasteiger partial charge in [0, 0.05) is 6.54 Å². The van der Waals surface area contributed by atoms with Gasteiger partial charge in [0.25, 0.3) is 0 Å². The molecule has 0 fully saturated rings. The second kappa shape index (κ2) is 28.4. The second-order valence-electron chi connectivity index (χ2n) is 10.0. The molecule has 0 saturated carbocycles. The van der Waals surface area contributed by atoms with E-state index in [1.165, 1.54) is 128 Å². The van der Waals surface area contributed by atoms with E-state index in [-0.39, 0.29) is 36.1 Å². The molecule has 0 bridgehead atoms. The number of rotatable bonds is 27. The van der Waals surface area contributed by atoms with E-state index in [1.807, 2.05) is 0 Å². The van der Waals surface area contributed by atoms with Gasteiger partial charge in [-0.15, -0.1) is 0 Å². The van der Waals surface area contributed by atoms with E-state index in [2.05, 4.69) is 12.2 Å². The Hall–Kier alpha value is 0.830. The summed E-state index contributed by atoms with van der Waals surface area (Å²) in [7, 11) is -4.34. The summed E-state index contributed by atoms with van der Waals surface area (Å²) in [6.45, 7) is 3.21. The predicted molar refractivity (Wildman–Crippen MR) is 141 cm³/mol. The average Bonchev–Trinajstić information content (AvgIpc) is 2.75. The molecule has 34 heavy (non-hydrogen) atoms. The fraction of sp³-hybridized carbons (Fsp3) is 1.00. The predicted octanol–water partition coefficient (Wildman–Crippen LogP) is 4.09. The molecule has 1 unspecified atom stereocenters. The molecule has 0 aromatic heterocycles. The van der Waals surface area contributed by atoms with E-state index in [9.17, 15) is 18.1 Å². The summed E-state index contributed by atoms with van der Waals surface area (Å²) in [4.78, 5) is 0. The molecule has 0 rings (SSSR count). The van der Waals surface area contributed by atoms with Gasteiger partial charge < -0.3 is 15.0 Å². The first kappa shape index (κ1) is 37.0. The molecule has 0 aromatic carbocycles. The maximum absolute atomic E-state index is 10.5. The van der Waals surface area contributed by atoms with Gasteiger partial charge in [-0.05, 0) is 13.0 Å². The van der Waals surface area contributed by atoms with Crippen LogP contribution in [0.1, 0.15) is 148 Å². The third kappa shape index (κ3) is 32.8. The second-order valence-corrected chi connectivity index (χ2v) is 11.5. The summed E-state index contributed by atoms with van der Waals surface area (Å²) >= 11 is 0. The number of nitrogens with one attached hydrogen (secondary N) is 1. The van der Waals surface area contributed by atoms with Crippen LogP contribution in [-0.4, -0.2) is 43.0 Å². The minimum Gasteiger partial charge on any atom is -0.748 e. The van der Waals surface area contributed by atoms with Crippen LogP contribution < -0.4 is 34.9 Å². The van der Waals surface area contributed by atoms with Crippen molar-refractivity contribution in [2.75, 3.05) is 18.8 Å². The Morgan fingerprint density at radius 3 is 1.21 bits per heavy atom. The van der Waals surface area contributed by atoms with Gasteiger partial charge in [-0.1, -0.05) is 142 Å². The molecule has 0 amide bonds. The van der Waals surface area contributed by atoms with Gasteiger partial charge >= 0.3 is 29.6 Å². The molecule has 7 heteroatoms. The minimum atomic E-state index is -4.34. The van der Waals surface area contributed by atoms with Crippen LogP contribution in [0.3, 0.4) is 0 Å². The van der Waals surface area contributed by atoms with Gasteiger partial charge in [0.05, 0.1) is 22.0 Å². The van der Waals surface area contributed by atoms with Crippen molar-refractivity contribution < 1.29 is 47.6 Å². The molecular formula is C27H56NNaO4S. The summed E-state index contributed by atoms with van der Waals surface area (Å²) in [5, 5.41) is 12.4. The van der Waals surface area contributed by atoms with Gasteiger partial charge in [-0.3, -0.25) is 0 Å².